The first-order valence-electron chi connectivity index (χ1n) is 5.17. The SMILES string of the molecule is CNC(=O)C(C)CN(C)C(=O)C1(N)CC1.Cl. The number of likely N-dealkylation sites (N-methyl/N-ethyl adjacent to an activating group) is 1. The smallest absolute Gasteiger partial charge is 0.242 e. The Labute approximate surface area is 102 Å². The first-order valence-corrected chi connectivity index (χ1v) is 5.17. The molecule has 94 valence electrons. The quantitative estimate of drug-likeness (QED) is 0.721. The zero-order valence-electron chi connectivity index (χ0n) is 9.95. The monoisotopic (exact) mass is 249 g/mol. The van der Waals surface area contributed by atoms with Crippen LogP contribution in [-0.2, 0) is 9.59 Å². The molecule has 0 aromatic heterocycles. The predicted molar refractivity (Wildman–Crippen MR) is 64.3 cm³/mol. The molecular weight excluding hydrogens is 230 g/mol. The van der Waals surface area contributed by atoms with Crippen molar-refractivity contribution in [3.63, 3.8) is 0 Å². The zero-order valence-corrected chi connectivity index (χ0v) is 10.8. The Morgan fingerprint density at radius 1 is 1.50 bits per heavy atom. The first kappa shape index (κ1) is 15.2. The van der Waals surface area contributed by atoms with E-state index >= 15 is 0 Å². The summed E-state index contributed by atoms with van der Waals surface area (Å²) in [5.41, 5.74) is 5.14. The van der Waals surface area contributed by atoms with Crippen molar-refractivity contribution < 1.29 is 9.59 Å². The highest BCUT2D eigenvalue weighted by atomic mass is 35.5. The summed E-state index contributed by atoms with van der Waals surface area (Å²) in [5.74, 6) is -0.318. The van der Waals surface area contributed by atoms with Crippen molar-refractivity contribution in [2.24, 2.45) is 11.7 Å². The Kier molecular flexibility index (Phi) is 5.22. The van der Waals surface area contributed by atoms with E-state index in [1.54, 1.807) is 25.9 Å². The summed E-state index contributed by atoms with van der Waals surface area (Å²) < 4.78 is 0. The van der Waals surface area contributed by atoms with Crippen LogP contribution in [0.15, 0.2) is 0 Å². The van der Waals surface area contributed by atoms with Crippen molar-refractivity contribution in [3.8, 4) is 0 Å². The average molecular weight is 250 g/mol. The Morgan fingerprint density at radius 2 is 2.00 bits per heavy atom. The Hall–Kier alpha value is -0.810. The number of carbonyl (C=O) groups is 2. The van der Waals surface area contributed by atoms with Crippen LogP contribution >= 0.6 is 12.4 Å². The molecule has 1 saturated carbocycles. The van der Waals surface area contributed by atoms with Crippen LogP contribution in [0.1, 0.15) is 19.8 Å². The van der Waals surface area contributed by atoms with Crippen LogP contribution in [0.3, 0.4) is 0 Å². The van der Waals surface area contributed by atoms with E-state index in [-0.39, 0.29) is 30.1 Å². The normalized spacial score (nSPS) is 18.0. The summed E-state index contributed by atoms with van der Waals surface area (Å²) in [6.45, 7) is 2.20. The molecule has 0 bridgehead atoms. The summed E-state index contributed by atoms with van der Waals surface area (Å²) in [7, 11) is 3.28. The maximum absolute atomic E-state index is 11.7. The number of hydrogen-bond acceptors (Lipinski definition) is 3. The standard InChI is InChI=1S/C10H19N3O2.ClH/c1-7(8(14)12-2)6-13(3)9(15)10(11)4-5-10;/h7H,4-6,11H2,1-3H3,(H,12,14);1H. The molecule has 0 aliphatic heterocycles. The van der Waals surface area contributed by atoms with E-state index in [4.69, 9.17) is 5.73 Å². The van der Waals surface area contributed by atoms with Crippen LogP contribution in [-0.4, -0.2) is 42.9 Å². The molecule has 1 rings (SSSR count). The van der Waals surface area contributed by atoms with Gasteiger partial charge in [0.05, 0.1) is 11.5 Å². The largest absolute Gasteiger partial charge is 0.359 e. The van der Waals surface area contributed by atoms with E-state index < -0.39 is 5.54 Å². The highest BCUT2D eigenvalue weighted by molar-refractivity contribution is 5.89. The van der Waals surface area contributed by atoms with Crippen LogP contribution in [0.5, 0.6) is 0 Å². The van der Waals surface area contributed by atoms with Crippen LogP contribution in [0.2, 0.25) is 0 Å². The molecule has 1 atom stereocenters. The maximum Gasteiger partial charge on any atom is 0.242 e. The van der Waals surface area contributed by atoms with Gasteiger partial charge in [0.25, 0.3) is 0 Å². The lowest BCUT2D eigenvalue weighted by Crippen LogP contribution is -2.46. The highest BCUT2D eigenvalue weighted by Gasteiger charge is 2.47. The molecule has 5 nitrogen and oxygen atoms in total. The third kappa shape index (κ3) is 3.35. The third-order valence-electron chi connectivity index (χ3n) is 2.80. The Bertz CT molecular complexity index is 279. The zero-order chi connectivity index (χ0) is 11.6. The fraction of sp³-hybridized carbons (Fsp3) is 0.800. The van der Waals surface area contributed by atoms with Crippen LogP contribution in [0.4, 0.5) is 0 Å². The summed E-state index contributed by atoms with van der Waals surface area (Å²) >= 11 is 0. The number of halogens is 1. The second-order valence-electron chi connectivity index (χ2n) is 4.36. The topological polar surface area (TPSA) is 75.4 Å². The van der Waals surface area contributed by atoms with Gasteiger partial charge in [0.15, 0.2) is 0 Å². The van der Waals surface area contributed by atoms with Gasteiger partial charge in [-0.2, -0.15) is 0 Å². The second-order valence-corrected chi connectivity index (χ2v) is 4.36. The van der Waals surface area contributed by atoms with E-state index in [1.165, 1.54) is 0 Å². The Balaban J connectivity index is 0.00000225. The lowest BCUT2D eigenvalue weighted by Gasteiger charge is -2.23. The van der Waals surface area contributed by atoms with Gasteiger partial charge >= 0.3 is 0 Å². The van der Waals surface area contributed by atoms with Crippen molar-refractivity contribution in [2.45, 2.75) is 25.3 Å². The van der Waals surface area contributed by atoms with E-state index in [9.17, 15) is 9.59 Å². The van der Waals surface area contributed by atoms with Gasteiger partial charge < -0.3 is 16.0 Å². The molecule has 3 N–H and O–H groups in total. The fourth-order valence-electron chi connectivity index (χ4n) is 1.55. The molecule has 2 amide bonds. The fourth-order valence-corrected chi connectivity index (χ4v) is 1.55. The summed E-state index contributed by atoms with van der Waals surface area (Å²) in [6.07, 6.45) is 1.51. The number of amides is 2. The highest BCUT2D eigenvalue weighted by Crippen LogP contribution is 2.33. The molecule has 0 radical (unpaired) electrons. The lowest BCUT2D eigenvalue weighted by molar-refractivity contribution is -0.134. The lowest BCUT2D eigenvalue weighted by atomic mass is 10.1. The van der Waals surface area contributed by atoms with E-state index in [0.29, 0.717) is 6.54 Å². The summed E-state index contributed by atoms with van der Waals surface area (Å²) in [6, 6.07) is 0. The van der Waals surface area contributed by atoms with Gasteiger partial charge in [0, 0.05) is 20.6 Å². The molecule has 1 aliphatic rings. The summed E-state index contributed by atoms with van der Waals surface area (Å²) in [5, 5.41) is 2.56. The van der Waals surface area contributed by atoms with Gasteiger partial charge in [-0.3, -0.25) is 9.59 Å². The minimum atomic E-state index is -0.642. The van der Waals surface area contributed by atoms with Gasteiger partial charge in [0.1, 0.15) is 0 Å². The number of hydrogen-bond donors (Lipinski definition) is 2. The van der Waals surface area contributed by atoms with Crippen molar-refractivity contribution in [1.29, 1.82) is 0 Å². The molecule has 1 fully saturated rings. The Morgan fingerprint density at radius 3 is 2.38 bits per heavy atom. The molecule has 0 aromatic carbocycles. The van der Waals surface area contributed by atoms with E-state index in [2.05, 4.69) is 5.32 Å². The predicted octanol–water partition coefficient (Wildman–Crippen LogP) is -0.260. The molecule has 0 spiro atoms. The van der Waals surface area contributed by atoms with Crippen molar-refractivity contribution in [3.05, 3.63) is 0 Å². The molecule has 16 heavy (non-hydrogen) atoms. The molecule has 1 unspecified atom stereocenters. The molecule has 0 heterocycles. The van der Waals surface area contributed by atoms with Crippen molar-refractivity contribution in [2.75, 3.05) is 20.6 Å². The average Bonchev–Trinajstić information content (AvgIpc) is 2.95. The first-order chi connectivity index (χ1) is 6.90. The molecular formula is C10H20ClN3O2. The number of nitrogens with zero attached hydrogens (tertiary/aromatic N) is 1. The van der Waals surface area contributed by atoms with Crippen LogP contribution in [0.25, 0.3) is 0 Å². The molecule has 0 aromatic rings. The van der Waals surface area contributed by atoms with Gasteiger partial charge in [-0.1, -0.05) is 6.92 Å². The van der Waals surface area contributed by atoms with Crippen LogP contribution < -0.4 is 11.1 Å². The number of nitrogens with one attached hydrogen (secondary N) is 1. The molecule has 0 saturated heterocycles. The summed E-state index contributed by atoms with van der Waals surface area (Å²) in [4.78, 5) is 24.5. The minimum absolute atomic E-state index is 0. The van der Waals surface area contributed by atoms with Crippen molar-refractivity contribution in [1.82, 2.24) is 10.2 Å². The molecule has 1 aliphatic carbocycles. The van der Waals surface area contributed by atoms with Crippen molar-refractivity contribution >= 4 is 24.2 Å². The molecule has 6 heteroatoms. The van der Waals surface area contributed by atoms with Gasteiger partial charge in [0.2, 0.25) is 11.8 Å². The van der Waals surface area contributed by atoms with Gasteiger partial charge in [-0.15, -0.1) is 12.4 Å². The maximum atomic E-state index is 11.7. The third-order valence-corrected chi connectivity index (χ3v) is 2.80. The minimum Gasteiger partial charge on any atom is -0.359 e. The number of rotatable bonds is 4. The van der Waals surface area contributed by atoms with E-state index in [0.717, 1.165) is 12.8 Å². The van der Waals surface area contributed by atoms with E-state index in [1.807, 2.05) is 0 Å². The van der Waals surface area contributed by atoms with Crippen LogP contribution in [0, 0.1) is 5.92 Å². The second kappa shape index (κ2) is 5.50. The number of nitrogens with two attached hydrogens (primary N) is 1. The van der Waals surface area contributed by atoms with Gasteiger partial charge in [-0.05, 0) is 12.8 Å². The number of carbonyl (C=O) groups excluding carboxylic acids is 2. The van der Waals surface area contributed by atoms with Gasteiger partial charge in [-0.25, -0.2) is 0 Å².